The minimum absolute atomic E-state index is 0.267. The summed E-state index contributed by atoms with van der Waals surface area (Å²) >= 11 is 13.5. The van der Waals surface area contributed by atoms with E-state index in [1.54, 1.807) is 55.0 Å². The second-order valence-electron chi connectivity index (χ2n) is 5.87. The van der Waals surface area contributed by atoms with Gasteiger partial charge in [0, 0.05) is 5.69 Å². The largest absolute Gasteiger partial charge is 0.479 e. The lowest BCUT2D eigenvalue weighted by atomic mass is 10.2. The summed E-state index contributed by atoms with van der Waals surface area (Å²) in [6.07, 6.45) is 0.912. The van der Waals surface area contributed by atoms with Crippen LogP contribution >= 0.6 is 34.5 Å². The molecule has 28 heavy (non-hydrogen) atoms. The van der Waals surface area contributed by atoms with Crippen molar-refractivity contribution >= 4 is 57.2 Å². The average Bonchev–Trinajstić information content (AvgIpc) is 3.34. The van der Waals surface area contributed by atoms with Gasteiger partial charge < -0.3 is 14.5 Å². The molecule has 2 aromatic heterocycles. The van der Waals surface area contributed by atoms with Crippen molar-refractivity contribution in [2.75, 3.05) is 5.32 Å². The number of oxazole rings is 1. The Morgan fingerprint density at radius 3 is 2.93 bits per heavy atom. The summed E-state index contributed by atoms with van der Waals surface area (Å²) in [6.45, 7) is 1.63. The Bertz CT molecular complexity index is 1140. The summed E-state index contributed by atoms with van der Waals surface area (Å²) in [6, 6.07) is 10.2. The maximum atomic E-state index is 12.5. The number of benzene rings is 2. The van der Waals surface area contributed by atoms with Crippen molar-refractivity contribution in [3.63, 3.8) is 0 Å². The first kappa shape index (κ1) is 18.7. The number of thiazole rings is 1. The molecule has 0 fully saturated rings. The maximum Gasteiger partial charge on any atom is 0.265 e. The molecular weight excluding hydrogens is 421 g/mol. The molecule has 0 spiro atoms. The SMILES string of the molecule is C[C@H](Oc1cccc(Cl)c1Cl)C(=O)Nc1ccc2oc(-c3cncs3)nc2c1. The van der Waals surface area contributed by atoms with Crippen LogP contribution in [0.15, 0.2) is 52.5 Å². The monoisotopic (exact) mass is 433 g/mol. The summed E-state index contributed by atoms with van der Waals surface area (Å²) in [4.78, 5) is 21.8. The van der Waals surface area contributed by atoms with Gasteiger partial charge in [0.15, 0.2) is 11.7 Å². The van der Waals surface area contributed by atoms with Crippen molar-refractivity contribution in [2.45, 2.75) is 13.0 Å². The molecule has 0 bridgehead atoms. The molecule has 1 N–H and O–H groups in total. The summed E-state index contributed by atoms with van der Waals surface area (Å²) in [5, 5.41) is 3.43. The van der Waals surface area contributed by atoms with E-state index in [4.69, 9.17) is 32.4 Å². The summed E-state index contributed by atoms with van der Waals surface area (Å²) in [7, 11) is 0. The standard InChI is InChI=1S/C19H13Cl2N3O3S/c1-10(26-15-4-2-3-12(20)17(15)21)18(25)23-11-5-6-14-13(7-11)24-19(27-14)16-8-22-9-28-16/h2-10H,1H3,(H,23,25)/t10-/m0/s1. The van der Waals surface area contributed by atoms with Crippen LogP contribution < -0.4 is 10.1 Å². The van der Waals surface area contributed by atoms with Gasteiger partial charge in [-0.15, -0.1) is 11.3 Å². The molecule has 0 saturated heterocycles. The van der Waals surface area contributed by atoms with Gasteiger partial charge in [-0.2, -0.15) is 0 Å². The fourth-order valence-electron chi connectivity index (χ4n) is 2.49. The molecule has 0 aliphatic carbocycles. The smallest absolute Gasteiger partial charge is 0.265 e. The molecule has 0 radical (unpaired) electrons. The molecular formula is C19H13Cl2N3O3S. The number of amides is 1. The number of fused-ring (bicyclic) bond motifs is 1. The minimum atomic E-state index is -0.781. The van der Waals surface area contributed by atoms with Gasteiger partial charge in [0.2, 0.25) is 5.89 Å². The number of anilines is 1. The lowest BCUT2D eigenvalue weighted by Gasteiger charge is -2.16. The predicted octanol–water partition coefficient (Wildman–Crippen LogP) is 5.66. The van der Waals surface area contributed by atoms with E-state index in [-0.39, 0.29) is 10.9 Å². The van der Waals surface area contributed by atoms with Crippen molar-refractivity contribution in [3.05, 3.63) is 58.2 Å². The van der Waals surface area contributed by atoms with E-state index in [0.717, 1.165) is 4.88 Å². The third kappa shape index (κ3) is 3.82. The normalized spacial score (nSPS) is 12.1. The molecule has 0 saturated carbocycles. The molecule has 4 rings (SSSR count). The molecule has 9 heteroatoms. The van der Waals surface area contributed by atoms with Gasteiger partial charge in [-0.1, -0.05) is 29.3 Å². The van der Waals surface area contributed by atoms with Gasteiger partial charge in [-0.3, -0.25) is 9.78 Å². The van der Waals surface area contributed by atoms with Crippen LogP contribution in [0.1, 0.15) is 6.92 Å². The first-order valence-electron chi connectivity index (χ1n) is 8.22. The number of carbonyl (C=O) groups excluding carboxylic acids is 1. The number of carbonyl (C=O) groups is 1. The van der Waals surface area contributed by atoms with E-state index in [0.29, 0.717) is 33.4 Å². The Morgan fingerprint density at radius 2 is 2.14 bits per heavy atom. The number of hydrogen-bond donors (Lipinski definition) is 1. The van der Waals surface area contributed by atoms with Gasteiger partial charge in [0.1, 0.15) is 21.2 Å². The topological polar surface area (TPSA) is 77.2 Å². The maximum absolute atomic E-state index is 12.5. The van der Waals surface area contributed by atoms with Gasteiger partial charge in [-0.25, -0.2) is 4.98 Å². The molecule has 0 unspecified atom stereocenters. The van der Waals surface area contributed by atoms with Crippen LogP contribution in [0.2, 0.25) is 10.0 Å². The second-order valence-corrected chi connectivity index (χ2v) is 7.54. The van der Waals surface area contributed by atoms with Crippen molar-refractivity contribution in [3.8, 4) is 16.5 Å². The Hall–Kier alpha value is -2.61. The summed E-state index contributed by atoms with van der Waals surface area (Å²) in [5.74, 6) is 0.507. The van der Waals surface area contributed by atoms with Crippen molar-refractivity contribution < 1.29 is 13.9 Å². The van der Waals surface area contributed by atoms with Crippen LogP contribution in [-0.4, -0.2) is 22.0 Å². The number of ether oxygens (including phenoxy) is 1. The predicted molar refractivity (Wildman–Crippen MR) is 110 cm³/mol. The molecule has 1 amide bonds. The molecule has 4 aromatic rings. The molecule has 2 heterocycles. The molecule has 1 atom stereocenters. The molecule has 0 aliphatic rings. The van der Waals surface area contributed by atoms with Crippen molar-refractivity contribution in [1.29, 1.82) is 0 Å². The Labute approximate surface area is 174 Å². The zero-order chi connectivity index (χ0) is 19.7. The fourth-order valence-corrected chi connectivity index (χ4v) is 3.38. The van der Waals surface area contributed by atoms with Crippen LogP contribution in [0.25, 0.3) is 21.9 Å². The zero-order valence-electron chi connectivity index (χ0n) is 14.5. The van der Waals surface area contributed by atoms with Crippen LogP contribution in [0, 0.1) is 0 Å². The summed E-state index contributed by atoms with van der Waals surface area (Å²) in [5.41, 5.74) is 3.54. The third-order valence-corrected chi connectivity index (χ3v) is 5.45. The van der Waals surface area contributed by atoms with Gasteiger partial charge in [-0.05, 0) is 37.3 Å². The van der Waals surface area contributed by atoms with Crippen molar-refractivity contribution in [1.82, 2.24) is 9.97 Å². The highest BCUT2D eigenvalue weighted by Crippen LogP contribution is 2.32. The number of nitrogens with zero attached hydrogens (tertiary/aromatic N) is 2. The highest BCUT2D eigenvalue weighted by Gasteiger charge is 2.18. The zero-order valence-corrected chi connectivity index (χ0v) is 16.8. The number of nitrogens with one attached hydrogen (secondary N) is 1. The van der Waals surface area contributed by atoms with E-state index >= 15 is 0 Å². The van der Waals surface area contributed by atoms with E-state index in [1.807, 2.05) is 0 Å². The quantitative estimate of drug-likeness (QED) is 0.438. The minimum Gasteiger partial charge on any atom is -0.479 e. The Balaban J connectivity index is 1.49. The van der Waals surface area contributed by atoms with Crippen LogP contribution in [-0.2, 0) is 4.79 Å². The number of rotatable bonds is 5. The van der Waals surface area contributed by atoms with Crippen LogP contribution in [0.3, 0.4) is 0 Å². The Morgan fingerprint density at radius 1 is 1.29 bits per heavy atom. The first-order valence-corrected chi connectivity index (χ1v) is 9.86. The lowest BCUT2D eigenvalue weighted by molar-refractivity contribution is -0.122. The molecule has 142 valence electrons. The lowest BCUT2D eigenvalue weighted by Crippen LogP contribution is -2.30. The van der Waals surface area contributed by atoms with Gasteiger partial charge in [0.05, 0.1) is 16.7 Å². The highest BCUT2D eigenvalue weighted by molar-refractivity contribution is 7.13. The van der Waals surface area contributed by atoms with Gasteiger partial charge >= 0.3 is 0 Å². The Kier molecular flexibility index (Phi) is 5.21. The van der Waals surface area contributed by atoms with E-state index in [1.165, 1.54) is 11.3 Å². The third-order valence-electron chi connectivity index (χ3n) is 3.89. The van der Waals surface area contributed by atoms with E-state index in [2.05, 4.69) is 15.3 Å². The van der Waals surface area contributed by atoms with Crippen molar-refractivity contribution in [2.24, 2.45) is 0 Å². The number of hydrogen-bond acceptors (Lipinski definition) is 6. The van der Waals surface area contributed by atoms with E-state index in [9.17, 15) is 4.79 Å². The first-order chi connectivity index (χ1) is 13.5. The van der Waals surface area contributed by atoms with Crippen LogP contribution in [0.5, 0.6) is 5.75 Å². The van der Waals surface area contributed by atoms with E-state index < -0.39 is 6.10 Å². The molecule has 0 aliphatic heterocycles. The summed E-state index contributed by atoms with van der Waals surface area (Å²) < 4.78 is 11.4. The van der Waals surface area contributed by atoms with Gasteiger partial charge in [0.25, 0.3) is 5.91 Å². The number of aromatic nitrogens is 2. The average molecular weight is 434 g/mol. The second kappa shape index (κ2) is 7.79. The number of halogens is 2. The fraction of sp³-hybridized carbons (Fsp3) is 0.105. The molecule has 2 aromatic carbocycles. The molecule has 6 nitrogen and oxygen atoms in total. The highest BCUT2D eigenvalue weighted by atomic mass is 35.5. The van der Waals surface area contributed by atoms with Crippen LogP contribution in [0.4, 0.5) is 5.69 Å².